The summed E-state index contributed by atoms with van der Waals surface area (Å²) in [6, 6.07) is 8.23. The van der Waals surface area contributed by atoms with E-state index in [9.17, 15) is 9.59 Å². The molecule has 1 aliphatic heterocycles. The van der Waals surface area contributed by atoms with Crippen LogP contribution in [0.5, 0.6) is 5.75 Å². The third-order valence-electron chi connectivity index (χ3n) is 6.23. The van der Waals surface area contributed by atoms with Gasteiger partial charge in [-0.1, -0.05) is 24.3 Å². The highest BCUT2D eigenvalue weighted by Crippen LogP contribution is 2.30. The second-order valence-corrected chi connectivity index (χ2v) is 9.01. The number of carboxylic acid groups (broad SMARTS) is 1. The summed E-state index contributed by atoms with van der Waals surface area (Å²) >= 11 is 0. The van der Waals surface area contributed by atoms with Crippen LogP contribution in [0.25, 0.3) is 0 Å². The van der Waals surface area contributed by atoms with E-state index in [1.54, 1.807) is 0 Å². The molecule has 1 fully saturated rings. The highest BCUT2D eigenvalue weighted by Gasteiger charge is 2.30. The molecule has 1 aromatic rings. The quantitative estimate of drug-likeness (QED) is 0.427. The molecule has 0 spiro atoms. The molecule has 176 valence electrons. The molecule has 2 N–H and O–H groups in total. The summed E-state index contributed by atoms with van der Waals surface area (Å²) < 4.78 is 5.97. The Bertz CT molecular complexity index is 787. The number of amides is 1. The molecule has 3 rings (SSSR count). The maximum atomic E-state index is 12.6. The zero-order valence-corrected chi connectivity index (χ0v) is 19.3. The number of carboxylic acids is 1. The number of benzene rings is 1. The van der Waals surface area contributed by atoms with Gasteiger partial charge in [-0.25, -0.2) is 0 Å². The van der Waals surface area contributed by atoms with E-state index in [1.165, 1.54) is 0 Å². The number of nitrogens with one attached hydrogen (secondary N) is 1. The molecule has 0 radical (unpaired) electrons. The number of piperazine rings is 1. The highest BCUT2D eigenvalue weighted by atomic mass is 16.5. The van der Waals surface area contributed by atoms with Crippen molar-refractivity contribution in [1.82, 2.24) is 10.2 Å². The Balaban J connectivity index is 1.38. The van der Waals surface area contributed by atoms with Gasteiger partial charge in [0.05, 0.1) is 11.8 Å². The summed E-state index contributed by atoms with van der Waals surface area (Å²) in [7, 11) is 0. The van der Waals surface area contributed by atoms with Crippen LogP contribution in [0.1, 0.15) is 39.5 Å². The fourth-order valence-electron chi connectivity index (χ4n) is 4.57. The van der Waals surface area contributed by atoms with Crippen LogP contribution in [0.3, 0.4) is 0 Å². The average Bonchev–Trinajstić information content (AvgIpc) is 2.77. The summed E-state index contributed by atoms with van der Waals surface area (Å²) in [5.74, 6) is -0.230. The molecule has 1 saturated heterocycles. The van der Waals surface area contributed by atoms with E-state index >= 15 is 0 Å². The lowest BCUT2D eigenvalue weighted by Crippen LogP contribution is -2.47. The van der Waals surface area contributed by atoms with Gasteiger partial charge in [0.25, 0.3) is 0 Å². The van der Waals surface area contributed by atoms with Crippen LogP contribution in [-0.2, 0) is 9.59 Å². The molecule has 0 bridgehead atoms. The molecule has 2 unspecified atom stereocenters. The van der Waals surface area contributed by atoms with Gasteiger partial charge in [-0.2, -0.15) is 0 Å². The van der Waals surface area contributed by atoms with Crippen LogP contribution in [0, 0.1) is 11.8 Å². The van der Waals surface area contributed by atoms with Crippen molar-refractivity contribution in [1.29, 1.82) is 0 Å². The van der Waals surface area contributed by atoms with Gasteiger partial charge in [0.15, 0.2) is 0 Å². The van der Waals surface area contributed by atoms with Gasteiger partial charge in [0, 0.05) is 45.1 Å². The molecule has 7 nitrogen and oxygen atoms in total. The second kappa shape index (κ2) is 11.9. The normalized spacial score (nSPS) is 21.5. The van der Waals surface area contributed by atoms with Crippen LogP contribution < -0.4 is 15.0 Å². The van der Waals surface area contributed by atoms with Crippen LogP contribution >= 0.6 is 0 Å². The minimum Gasteiger partial charge on any atom is -0.489 e. The molecule has 1 aromatic carbocycles. The third-order valence-corrected chi connectivity index (χ3v) is 6.23. The molecular weight excluding hydrogens is 406 g/mol. The minimum atomic E-state index is -0.833. The van der Waals surface area contributed by atoms with Crippen molar-refractivity contribution in [2.75, 3.05) is 44.2 Å². The smallest absolute Gasteiger partial charge is 0.303 e. The molecular formula is C25H37N3O4. The van der Waals surface area contributed by atoms with Crippen LogP contribution in [0.15, 0.2) is 36.4 Å². The highest BCUT2D eigenvalue weighted by molar-refractivity contribution is 5.80. The lowest BCUT2D eigenvalue weighted by molar-refractivity contribution is -0.139. The van der Waals surface area contributed by atoms with Gasteiger partial charge >= 0.3 is 5.97 Å². The minimum absolute atomic E-state index is 0.00724. The number of hydrogen-bond donors (Lipinski definition) is 2. The van der Waals surface area contributed by atoms with Crippen molar-refractivity contribution >= 4 is 17.6 Å². The number of rotatable bonds is 10. The summed E-state index contributed by atoms with van der Waals surface area (Å²) in [5, 5.41) is 12.1. The fraction of sp³-hybridized carbons (Fsp3) is 0.600. The Morgan fingerprint density at radius 2 is 1.84 bits per heavy atom. The summed E-state index contributed by atoms with van der Waals surface area (Å²) in [5.41, 5.74) is 1.16. The molecule has 1 aliphatic carbocycles. The van der Waals surface area contributed by atoms with E-state index in [4.69, 9.17) is 9.84 Å². The average molecular weight is 444 g/mol. The molecule has 2 atom stereocenters. The second-order valence-electron chi connectivity index (χ2n) is 9.01. The van der Waals surface area contributed by atoms with Gasteiger partial charge in [-0.15, -0.1) is 0 Å². The summed E-state index contributed by atoms with van der Waals surface area (Å²) in [6.07, 6.45) is 6.38. The zero-order valence-electron chi connectivity index (χ0n) is 19.3. The number of aliphatic carboxylic acids is 1. The monoisotopic (exact) mass is 443 g/mol. The van der Waals surface area contributed by atoms with Crippen LogP contribution in [0.4, 0.5) is 5.69 Å². The first kappa shape index (κ1) is 24.1. The largest absolute Gasteiger partial charge is 0.489 e. The number of anilines is 1. The predicted octanol–water partition coefficient (Wildman–Crippen LogP) is 3.16. The molecule has 0 saturated carbocycles. The lowest BCUT2D eigenvalue weighted by Gasteiger charge is -2.37. The fourth-order valence-corrected chi connectivity index (χ4v) is 4.57. The number of para-hydroxylation sites is 2. The lowest BCUT2D eigenvalue weighted by atomic mass is 9.80. The molecule has 7 heteroatoms. The van der Waals surface area contributed by atoms with Crippen molar-refractivity contribution in [3.05, 3.63) is 36.4 Å². The first-order valence-corrected chi connectivity index (χ1v) is 11.8. The Morgan fingerprint density at radius 1 is 1.12 bits per heavy atom. The van der Waals surface area contributed by atoms with Crippen molar-refractivity contribution in [3.8, 4) is 5.75 Å². The predicted molar refractivity (Wildman–Crippen MR) is 126 cm³/mol. The van der Waals surface area contributed by atoms with E-state index in [1.807, 2.05) is 38.1 Å². The van der Waals surface area contributed by atoms with E-state index in [-0.39, 0.29) is 30.3 Å². The van der Waals surface area contributed by atoms with E-state index < -0.39 is 5.97 Å². The zero-order chi connectivity index (χ0) is 22.9. The maximum Gasteiger partial charge on any atom is 0.303 e. The SMILES string of the molecule is CC(C)Oc1ccccc1N1CCN(CCCNC(=O)C2CC=CCC2CC(=O)O)CC1. The van der Waals surface area contributed by atoms with Crippen LogP contribution in [-0.4, -0.2) is 67.3 Å². The Kier molecular flexibility index (Phi) is 8.97. The number of ether oxygens (including phenoxy) is 1. The summed E-state index contributed by atoms with van der Waals surface area (Å²) in [6.45, 7) is 9.55. The molecule has 1 amide bonds. The van der Waals surface area contributed by atoms with E-state index in [0.29, 0.717) is 19.4 Å². The van der Waals surface area contributed by atoms with Gasteiger partial charge in [0.1, 0.15) is 5.75 Å². The van der Waals surface area contributed by atoms with Gasteiger partial charge in [0.2, 0.25) is 5.91 Å². The van der Waals surface area contributed by atoms with Gasteiger partial charge in [-0.05, 0) is 57.7 Å². The van der Waals surface area contributed by atoms with Crippen molar-refractivity contribution in [2.45, 2.75) is 45.6 Å². The number of carbonyl (C=O) groups is 2. The number of carbonyl (C=O) groups excluding carboxylic acids is 1. The van der Waals surface area contributed by atoms with Crippen molar-refractivity contribution in [2.24, 2.45) is 11.8 Å². The topological polar surface area (TPSA) is 82.1 Å². The number of hydrogen-bond acceptors (Lipinski definition) is 5. The van der Waals surface area contributed by atoms with Gasteiger partial charge in [-0.3, -0.25) is 14.5 Å². The maximum absolute atomic E-state index is 12.6. The Morgan fingerprint density at radius 3 is 2.56 bits per heavy atom. The Labute approximate surface area is 191 Å². The number of allylic oxidation sites excluding steroid dienone is 2. The standard InChI is InChI=1S/C25H37N3O4/c1-19(2)32-23-11-6-5-10-22(23)28-16-14-27(15-17-28)13-7-12-26-25(31)21-9-4-3-8-20(21)18-24(29)30/h3-6,10-11,19-21H,7-9,12-18H2,1-2H3,(H,26,31)(H,29,30). The molecule has 32 heavy (non-hydrogen) atoms. The summed E-state index contributed by atoms with van der Waals surface area (Å²) in [4.78, 5) is 28.5. The first-order chi connectivity index (χ1) is 15.4. The van der Waals surface area contributed by atoms with Crippen molar-refractivity contribution in [3.63, 3.8) is 0 Å². The van der Waals surface area contributed by atoms with Crippen molar-refractivity contribution < 1.29 is 19.4 Å². The molecule has 0 aromatic heterocycles. The third kappa shape index (κ3) is 6.99. The molecule has 2 aliphatic rings. The van der Waals surface area contributed by atoms with Crippen LogP contribution in [0.2, 0.25) is 0 Å². The first-order valence-electron chi connectivity index (χ1n) is 11.8. The Hall–Kier alpha value is -2.54. The van der Waals surface area contributed by atoms with E-state index in [2.05, 4.69) is 27.2 Å². The van der Waals surface area contributed by atoms with Gasteiger partial charge < -0.3 is 20.1 Å². The van der Waals surface area contributed by atoms with E-state index in [0.717, 1.165) is 50.6 Å². The number of nitrogens with zero attached hydrogens (tertiary/aromatic N) is 2. The molecule has 1 heterocycles.